The lowest BCUT2D eigenvalue weighted by atomic mass is 10.3. The number of nitro groups is 1. The third-order valence-corrected chi connectivity index (χ3v) is 4.96. The van der Waals surface area contributed by atoms with Crippen molar-refractivity contribution in [2.24, 2.45) is 0 Å². The van der Waals surface area contributed by atoms with E-state index in [1.807, 2.05) is 19.4 Å². The van der Waals surface area contributed by atoms with Gasteiger partial charge in [-0.3, -0.25) is 10.1 Å². The zero-order valence-corrected chi connectivity index (χ0v) is 9.97. The molecule has 6 heteroatoms. The van der Waals surface area contributed by atoms with Crippen LogP contribution in [0.25, 0.3) is 0 Å². The van der Waals surface area contributed by atoms with E-state index >= 15 is 0 Å². The van der Waals surface area contributed by atoms with Gasteiger partial charge in [0.2, 0.25) is 0 Å². The molecule has 1 heterocycles. The third kappa shape index (κ3) is 1.79. The van der Waals surface area contributed by atoms with E-state index in [0.717, 1.165) is 10.6 Å². The van der Waals surface area contributed by atoms with Crippen molar-refractivity contribution < 1.29 is 4.92 Å². The summed E-state index contributed by atoms with van der Waals surface area (Å²) in [6, 6.07) is 5.02. The second-order valence-corrected chi connectivity index (χ2v) is 5.52. The fourth-order valence-corrected chi connectivity index (χ4v) is 3.65. The molecule has 0 saturated carbocycles. The molecule has 0 aliphatic carbocycles. The van der Waals surface area contributed by atoms with E-state index in [9.17, 15) is 10.1 Å². The van der Waals surface area contributed by atoms with Crippen molar-refractivity contribution in [1.82, 2.24) is 0 Å². The highest BCUT2D eigenvalue weighted by Gasteiger charge is 2.27. The number of non-ortho nitro benzene ring substituents is 1. The van der Waals surface area contributed by atoms with Crippen molar-refractivity contribution in [2.75, 3.05) is 18.2 Å². The molecular formula is C9H10N2O2S2. The molecule has 1 aliphatic rings. The van der Waals surface area contributed by atoms with Crippen LogP contribution in [0.2, 0.25) is 0 Å². The van der Waals surface area contributed by atoms with E-state index in [2.05, 4.69) is 4.90 Å². The van der Waals surface area contributed by atoms with E-state index < -0.39 is 0 Å². The van der Waals surface area contributed by atoms with Gasteiger partial charge in [0.25, 0.3) is 5.69 Å². The molecule has 0 bridgehead atoms. The minimum atomic E-state index is -0.354. The van der Waals surface area contributed by atoms with Gasteiger partial charge < -0.3 is 4.90 Å². The number of benzene rings is 1. The van der Waals surface area contributed by atoms with Gasteiger partial charge in [-0.25, -0.2) is 0 Å². The highest BCUT2D eigenvalue weighted by molar-refractivity contribution is 8.17. The van der Waals surface area contributed by atoms with E-state index in [1.165, 1.54) is 0 Å². The first-order valence-electron chi connectivity index (χ1n) is 4.34. The van der Waals surface area contributed by atoms with Gasteiger partial charge in [0.05, 0.1) is 10.6 Å². The molecule has 0 fully saturated rings. The minimum absolute atomic E-state index is 0.163. The van der Waals surface area contributed by atoms with Crippen LogP contribution in [0.15, 0.2) is 23.1 Å². The standard InChI is InChI=1S/C9H10N2O2S2/c1-10-7-4-3-6(11(12)13)5-8(7)15-9(10)14-2/h3-5,9H,1-2H3. The van der Waals surface area contributed by atoms with Crippen molar-refractivity contribution in [2.45, 2.75) is 9.60 Å². The summed E-state index contributed by atoms with van der Waals surface area (Å²) >= 11 is 3.39. The lowest BCUT2D eigenvalue weighted by molar-refractivity contribution is -0.385. The molecule has 80 valence electrons. The molecule has 0 aromatic heterocycles. The first kappa shape index (κ1) is 10.6. The Morgan fingerprint density at radius 2 is 2.33 bits per heavy atom. The van der Waals surface area contributed by atoms with Crippen molar-refractivity contribution in [3.63, 3.8) is 0 Å². The van der Waals surface area contributed by atoms with Crippen LogP contribution in [0, 0.1) is 10.1 Å². The summed E-state index contributed by atoms with van der Waals surface area (Å²) in [5.74, 6) is 0. The molecule has 0 saturated heterocycles. The highest BCUT2D eigenvalue weighted by atomic mass is 32.2. The maximum Gasteiger partial charge on any atom is 0.270 e. The average molecular weight is 242 g/mol. The predicted molar refractivity (Wildman–Crippen MR) is 64.7 cm³/mol. The number of anilines is 1. The Bertz CT molecular complexity index is 411. The third-order valence-electron chi connectivity index (χ3n) is 2.28. The number of fused-ring (bicyclic) bond motifs is 1. The molecule has 15 heavy (non-hydrogen) atoms. The fourth-order valence-electron chi connectivity index (χ4n) is 1.51. The summed E-state index contributed by atoms with van der Waals surface area (Å²) in [4.78, 5) is 13.4. The summed E-state index contributed by atoms with van der Waals surface area (Å²) in [7, 11) is 2.01. The van der Waals surface area contributed by atoms with Crippen LogP contribution in [-0.2, 0) is 0 Å². The average Bonchev–Trinajstić information content (AvgIpc) is 2.55. The summed E-state index contributed by atoms with van der Waals surface area (Å²) in [6.07, 6.45) is 2.04. The fraction of sp³-hybridized carbons (Fsp3) is 0.333. The molecule has 0 spiro atoms. The zero-order chi connectivity index (χ0) is 11.0. The van der Waals surface area contributed by atoms with Gasteiger partial charge in [0, 0.05) is 24.1 Å². The smallest absolute Gasteiger partial charge is 0.270 e. The van der Waals surface area contributed by atoms with Crippen molar-refractivity contribution in [1.29, 1.82) is 0 Å². The zero-order valence-electron chi connectivity index (χ0n) is 8.34. The number of nitrogens with zero attached hydrogens (tertiary/aromatic N) is 2. The van der Waals surface area contributed by atoms with Crippen molar-refractivity contribution in [3.05, 3.63) is 28.3 Å². The largest absolute Gasteiger partial charge is 0.353 e. The number of hydrogen-bond acceptors (Lipinski definition) is 5. The lowest BCUT2D eigenvalue weighted by Crippen LogP contribution is -2.20. The Hall–Kier alpha value is -0.880. The molecule has 1 aromatic carbocycles. The van der Waals surface area contributed by atoms with Gasteiger partial charge in [0.1, 0.15) is 4.71 Å². The Balaban J connectivity index is 2.38. The first-order valence-corrected chi connectivity index (χ1v) is 6.51. The number of hydrogen-bond donors (Lipinski definition) is 0. The van der Waals surface area contributed by atoms with E-state index in [-0.39, 0.29) is 10.6 Å². The summed E-state index contributed by atoms with van der Waals surface area (Å²) in [5, 5.41) is 10.6. The molecule has 1 atom stereocenters. The van der Waals surface area contributed by atoms with Gasteiger partial charge in [-0.2, -0.15) is 0 Å². The lowest BCUT2D eigenvalue weighted by Gasteiger charge is -2.18. The SMILES string of the molecule is CSC1Sc2cc([N+](=O)[O-])ccc2N1C. The van der Waals surface area contributed by atoms with Gasteiger partial charge in [-0.15, -0.1) is 11.8 Å². The monoisotopic (exact) mass is 242 g/mol. The molecule has 0 amide bonds. The summed E-state index contributed by atoms with van der Waals surface area (Å²) in [6.45, 7) is 0. The Morgan fingerprint density at radius 3 is 2.93 bits per heavy atom. The van der Waals surface area contributed by atoms with Crippen molar-refractivity contribution in [3.8, 4) is 0 Å². The first-order chi connectivity index (χ1) is 7.13. The van der Waals surface area contributed by atoms with Crippen LogP contribution >= 0.6 is 23.5 Å². The molecule has 2 rings (SSSR count). The maximum atomic E-state index is 10.6. The minimum Gasteiger partial charge on any atom is -0.353 e. The Kier molecular flexibility index (Phi) is 2.79. The summed E-state index contributed by atoms with van der Waals surface area (Å²) in [5.41, 5.74) is 1.24. The van der Waals surface area contributed by atoms with Gasteiger partial charge in [0.15, 0.2) is 0 Å². The van der Waals surface area contributed by atoms with E-state index in [4.69, 9.17) is 0 Å². The van der Waals surface area contributed by atoms with Gasteiger partial charge >= 0.3 is 0 Å². The predicted octanol–water partition coefficient (Wildman–Crippen LogP) is 2.78. The van der Waals surface area contributed by atoms with Gasteiger partial charge in [-0.05, 0) is 12.3 Å². The second-order valence-electron chi connectivity index (χ2n) is 3.18. The topological polar surface area (TPSA) is 46.4 Å². The van der Waals surface area contributed by atoms with Gasteiger partial charge in [-0.1, -0.05) is 11.8 Å². The molecule has 0 radical (unpaired) electrons. The number of nitro benzene ring substituents is 1. The van der Waals surface area contributed by atoms with Crippen LogP contribution in [0.5, 0.6) is 0 Å². The molecule has 1 aromatic rings. The molecule has 0 N–H and O–H groups in total. The Morgan fingerprint density at radius 1 is 1.60 bits per heavy atom. The quantitative estimate of drug-likeness (QED) is 0.589. The summed E-state index contributed by atoms with van der Waals surface area (Å²) < 4.78 is 0.321. The van der Waals surface area contributed by atoms with E-state index in [0.29, 0.717) is 4.71 Å². The highest BCUT2D eigenvalue weighted by Crippen LogP contribution is 2.47. The number of rotatable bonds is 2. The normalized spacial score (nSPS) is 19.1. The van der Waals surface area contributed by atoms with Crippen LogP contribution in [-0.4, -0.2) is 22.9 Å². The number of thioether (sulfide) groups is 2. The molecule has 1 unspecified atom stereocenters. The molecule has 4 nitrogen and oxygen atoms in total. The van der Waals surface area contributed by atoms with Crippen LogP contribution < -0.4 is 4.90 Å². The van der Waals surface area contributed by atoms with Crippen molar-refractivity contribution >= 4 is 34.9 Å². The molecule has 1 aliphatic heterocycles. The van der Waals surface area contributed by atoms with Crippen LogP contribution in [0.1, 0.15) is 0 Å². The Labute approximate surface area is 96.2 Å². The second kappa shape index (κ2) is 3.94. The maximum absolute atomic E-state index is 10.6. The molecular weight excluding hydrogens is 232 g/mol. The van der Waals surface area contributed by atoms with E-state index in [1.54, 1.807) is 35.7 Å². The van der Waals surface area contributed by atoms with Crippen LogP contribution in [0.4, 0.5) is 11.4 Å². The van der Waals surface area contributed by atoms with Crippen LogP contribution in [0.3, 0.4) is 0 Å².